The number of fused-ring (bicyclic) bond motifs is 1. The van der Waals surface area contributed by atoms with Crippen LogP contribution in [0.5, 0.6) is 17.2 Å². The van der Waals surface area contributed by atoms with Crippen LogP contribution >= 0.6 is 0 Å². The van der Waals surface area contributed by atoms with E-state index in [4.69, 9.17) is 18.9 Å². The molecule has 0 aromatic heterocycles. The Morgan fingerprint density at radius 3 is 2.67 bits per heavy atom. The summed E-state index contributed by atoms with van der Waals surface area (Å²) in [6, 6.07) is 19.6. The summed E-state index contributed by atoms with van der Waals surface area (Å²) in [5, 5.41) is 0. The van der Waals surface area contributed by atoms with Crippen LogP contribution in [0.3, 0.4) is 0 Å². The second kappa shape index (κ2) is 11.3. The smallest absolute Gasteiger partial charge is 0.246 e. The molecule has 6 nitrogen and oxygen atoms in total. The van der Waals surface area contributed by atoms with Crippen LogP contribution in [-0.4, -0.2) is 36.9 Å². The molecule has 0 saturated carbocycles. The minimum absolute atomic E-state index is 0.0285. The van der Waals surface area contributed by atoms with Crippen molar-refractivity contribution in [2.45, 2.75) is 32.1 Å². The molecule has 7 heteroatoms. The van der Waals surface area contributed by atoms with Crippen LogP contribution in [0.2, 0.25) is 0 Å². The van der Waals surface area contributed by atoms with Crippen molar-refractivity contribution in [1.29, 1.82) is 0 Å². The van der Waals surface area contributed by atoms with Gasteiger partial charge < -0.3 is 23.8 Å². The normalized spacial score (nSPS) is 16.4. The fourth-order valence-electron chi connectivity index (χ4n) is 4.26. The molecular formula is C29H28FNO5. The van der Waals surface area contributed by atoms with Crippen LogP contribution in [0.25, 0.3) is 6.08 Å². The van der Waals surface area contributed by atoms with Gasteiger partial charge in [0.05, 0.1) is 6.10 Å². The number of ether oxygens (including phenoxy) is 4. The Hall–Kier alpha value is -3.84. The van der Waals surface area contributed by atoms with Crippen molar-refractivity contribution < 1.29 is 28.1 Å². The van der Waals surface area contributed by atoms with Crippen LogP contribution in [0, 0.1) is 5.82 Å². The van der Waals surface area contributed by atoms with Crippen molar-refractivity contribution in [3.8, 4) is 17.2 Å². The van der Waals surface area contributed by atoms with Crippen molar-refractivity contribution in [2.24, 2.45) is 0 Å². The highest BCUT2D eigenvalue weighted by Gasteiger charge is 2.22. The fourth-order valence-corrected chi connectivity index (χ4v) is 4.26. The predicted molar refractivity (Wildman–Crippen MR) is 133 cm³/mol. The Balaban J connectivity index is 1.21. The lowest BCUT2D eigenvalue weighted by atomic mass is 10.1. The standard InChI is InChI=1S/C29H28FNO5/c30-24-4-1-3-21(15-24)9-13-29(32)31(18-26-5-2-14-33-26)17-22-6-10-25(11-7-22)34-19-23-8-12-27-28(16-23)36-20-35-27/h1,3-4,6-13,15-16,26H,2,5,14,17-20H2/b13-9+. The maximum absolute atomic E-state index is 13.5. The van der Waals surface area contributed by atoms with Gasteiger partial charge in [-0.25, -0.2) is 4.39 Å². The van der Waals surface area contributed by atoms with Crippen LogP contribution in [-0.2, 0) is 22.7 Å². The minimum Gasteiger partial charge on any atom is -0.489 e. The van der Waals surface area contributed by atoms with Gasteiger partial charge >= 0.3 is 0 Å². The second-order valence-electron chi connectivity index (χ2n) is 8.86. The summed E-state index contributed by atoms with van der Waals surface area (Å²) < 4.78 is 35.9. The van der Waals surface area contributed by atoms with Gasteiger partial charge in [0.15, 0.2) is 11.5 Å². The summed E-state index contributed by atoms with van der Waals surface area (Å²) in [4.78, 5) is 14.8. The largest absolute Gasteiger partial charge is 0.489 e. The third-order valence-electron chi connectivity index (χ3n) is 6.17. The summed E-state index contributed by atoms with van der Waals surface area (Å²) in [7, 11) is 0. The molecule has 5 rings (SSSR count). The van der Waals surface area contributed by atoms with Gasteiger partial charge in [0, 0.05) is 25.8 Å². The number of nitrogens with zero attached hydrogens (tertiary/aromatic N) is 1. The number of carbonyl (C=O) groups is 1. The van der Waals surface area contributed by atoms with Gasteiger partial charge in [-0.1, -0.05) is 30.3 Å². The van der Waals surface area contributed by atoms with Gasteiger partial charge in [0.1, 0.15) is 18.2 Å². The SMILES string of the molecule is O=C(/C=C/c1cccc(F)c1)N(Cc1ccc(OCc2ccc3c(c2)OCO3)cc1)CC1CCCO1. The van der Waals surface area contributed by atoms with Gasteiger partial charge in [-0.15, -0.1) is 0 Å². The molecular weight excluding hydrogens is 461 g/mol. The molecule has 0 aliphatic carbocycles. The Labute approximate surface area is 209 Å². The van der Waals surface area contributed by atoms with E-state index in [2.05, 4.69) is 0 Å². The quantitative estimate of drug-likeness (QED) is 0.379. The first-order chi connectivity index (χ1) is 17.6. The zero-order valence-corrected chi connectivity index (χ0v) is 19.9. The lowest BCUT2D eigenvalue weighted by molar-refractivity contribution is -0.128. The van der Waals surface area contributed by atoms with E-state index in [1.165, 1.54) is 18.2 Å². The van der Waals surface area contributed by atoms with Gasteiger partial charge in [0.2, 0.25) is 12.7 Å². The Bertz CT molecular complexity index is 1220. The number of hydrogen-bond donors (Lipinski definition) is 0. The van der Waals surface area contributed by atoms with E-state index < -0.39 is 0 Å². The molecule has 0 N–H and O–H groups in total. The number of rotatable bonds is 9. The van der Waals surface area contributed by atoms with E-state index in [1.807, 2.05) is 42.5 Å². The molecule has 2 heterocycles. The first kappa shape index (κ1) is 23.9. The van der Waals surface area contributed by atoms with Crippen molar-refractivity contribution in [1.82, 2.24) is 4.90 Å². The molecule has 1 amide bonds. The molecule has 2 aliphatic heterocycles. The fraction of sp³-hybridized carbons (Fsp3) is 0.276. The number of carbonyl (C=O) groups excluding carboxylic acids is 1. The monoisotopic (exact) mass is 489 g/mol. The summed E-state index contributed by atoms with van der Waals surface area (Å²) in [5.74, 6) is 1.74. The Morgan fingerprint density at radius 2 is 1.86 bits per heavy atom. The molecule has 2 aliphatic rings. The molecule has 1 fully saturated rings. The Morgan fingerprint density at radius 1 is 1.03 bits per heavy atom. The number of hydrogen-bond acceptors (Lipinski definition) is 5. The van der Waals surface area contributed by atoms with E-state index in [0.717, 1.165) is 47.8 Å². The summed E-state index contributed by atoms with van der Waals surface area (Å²) >= 11 is 0. The maximum atomic E-state index is 13.5. The van der Waals surface area contributed by atoms with Gasteiger partial charge in [-0.3, -0.25) is 4.79 Å². The van der Waals surface area contributed by atoms with Crippen LogP contribution in [0.4, 0.5) is 4.39 Å². The minimum atomic E-state index is -0.332. The average Bonchev–Trinajstić information content (AvgIpc) is 3.58. The van der Waals surface area contributed by atoms with Crippen LogP contribution < -0.4 is 14.2 Å². The first-order valence-electron chi connectivity index (χ1n) is 12.1. The second-order valence-corrected chi connectivity index (χ2v) is 8.86. The molecule has 1 saturated heterocycles. The maximum Gasteiger partial charge on any atom is 0.246 e. The highest BCUT2D eigenvalue weighted by Crippen LogP contribution is 2.32. The molecule has 3 aromatic carbocycles. The van der Waals surface area contributed by atoms with Crippen molar-refractivity contribution in [3.05, 3.63) is 95.3 Å². The third-order valence-corrected chi connectivity index (χ3v) is 6.17. The van der Waals surface area contributed by atoms with Crippen molar-refractivity contribution >= 4 is 12.0 Å². The summed E-state index contributed by atoms with van der Waals surface area (Å²) in [5.41, 5.74) is 2.61. The molecule has 1 atom stereocenters. The number of amides is 1. The van der Waals surface area contributed by atoms with Crippen molar-refractivity contribution in [2.75, 3.05) is 19.9 Å². The summed E-state index contributed by atoms with van der Waals surface area (Å²) in [6.07, 6.45) is 5.10. The van der Waals surface area contributed by atoms with Crippen LogP contribution in [0.15, 0.2) is 72.8 Å². The van der Waals surface area contributed by atoms with E-state index in [9.17, 15) is 9.18 Å². The molecule has 0 spiro atoms. The predicted octanol–water partition coefficient (Wildman–Crippen LogP) is 5.35. The molecule has 1 unspecified atom stereocenters. The molecule has 0 bridgehead atoms. The van der Waals surface area contributed by atoms with Gasteiger partial charge in [0.25, 0.3) is 0 Å². The van der Waals surface area contributed by atoms with Gasteiger partial charge in [-0.05, 0) is 72.0 Å². The van der Waals surface area contributed by atoms with E-state index in [1.54, 1.807) is 23.1 Å². The Kier molecular flexibility index (Phi) is 7.47. The van der Waals surface area contributed by atoms with E-state index in [0.29, 0.717) is 25.3 Å². The highest BCUT2D eigenvalue weighted by atomic mass is 19.1. The molecule has 36 heavy (non-hydrogen) atoms. The first-order valence-corrected chi connectivity index (χ1v) is 12.1. The van der Waals surface area contributed by atoms with E-state index >= 15 is 0 Å². The lowest BCUT2D eigenvalue weighted by Crippen LogP contribution is -2.35. The molecule has 0 radical (unpaired) electrons. The van der Waals surface area contributed by atoms with Crippen LogP contribution in [0.1, 0.15) is 29.5 Å². The zero-order chi connectivity index (χ0) is 24.7. The number of benzene rings is 3. The lowest BCUT2D eigenvalue weighted by Gasteiger charge is -2.24. The van der Waals surface area contributed by atoms with Crippen molar-refractivity contribution in [3.63, 3.8) is 0 Å². The third kappa shape index (κ3) is 6.23. The summed E-state index contributed by atoms with van der Waals surface area (Å²) in [6.45, 7) is 2.32. The topological polar surface area (TPSA) is 57.2 Å². The van der Waals surface area contributed by atoms with Gasteiger partial charge in [-0.2, -0.15) is 0 Å². The molecule has 186 valence electrons. The molecule has 3 aromatic rings. The average molecular weight is 490 g/mol. The number of halogens is 1. The van der Waals surface area contributed by atoms with E-state index in [-0.39, 0.29) is 24.6 Å². The highest BCUT2D eigenvalue weighted by molar-refractivity contribution is 5.91. The zero-order valence-electron chi connectivity index (χ0n) is 19.9.